The van der Waals surface area contributed by atoms with Gasteiger partial charge in [-0.25, -0.2) is 4.98 Å². The van der Waals surface area contributed by atoms with E-state index in [1.165, 1.54) is 0 Å². The van der Waals surface area contributed by atoms with Gasteiger partial charge in [0.05, 0.1) is 5.69 Å². The minimum atomic E-state index is -0.0704. The molecule has 5 nitrogen and oxygen atoms in total. The molecule has 1 amide bonds. The molecule has 1 aromatic heterocycles. The van der Waals surface area contributed by atoms with Crippen molar-refractivity contribution in [1.82, 2.24) is 10.3 Å². The van der Waals surface area contributed by atoms with Gasteiger partial charge in [0.25, 0.3) is 0 Å². The molecule has 0 saturated heterocycles. The fraction of sp³-hybridized carbons (Fsp3) is 0.625. The molecule has 6 heteroatoms. The number of amides is 1. The third-order valence-electron chi connectivity index (χ3n) is 4.15. The van der Waals surface area contributed by atoms with Crippen LogP contribution in [0.2, 0.25) is 5.15 Å². The fourth-order valence-corrected chi connectivity index (χ4v) is 3.10. The summed E-state index contributed by atoms with van der Waals surface area (Å²) >= 11 is 5.93. The van der Waals surface area contributed by atoms with Gasteiger partial charge in [-0.1, -0.05) is 11.6 Å². The minimum absolute atomic E-state index is 0.0704. The van der Waals surface area contributed by atoms with Crippen LogP contribution in [-0.4, -0.2) is 34.7 Å². The third-order valence-corrected chi connectivity index (χ3v) is 4.45. The van der Waals surface area contributed by atoms with Crippen molar-refractivity contribution in [2.24, 2.45) is 5.92 Å². The summed E-state index contributed by atoms with van der Waals surface area (Å²) in [6, 6.07) is 4.02. The van der Waals surface area contributed by atoms with Crippen LogP contribution >= 0.6 is 11.6 Å². The van der Waals surface area contributed by atoms with Crippen molar-refractivity contribution in [2.75, 3.05) is 11.9 Å². The van der Waals surface area contributed by atoms with Crippen LogP contribution in [-0.2, 0) is 4.79 Å². The number of aliphatic hydroxyl groups excluding tert-OH is 1. The third kappa shape index (κ3) is 5.23. The lowest BCUT2D eigenvalue weighted by Crippen LogP contribution is -2.41. The highest BCUT2D eigenvalue weighted by molar-refractivity contribution is 6.32. The number of carbonyl (C=O) groups is 1. The van der Waals surface area contributed by atoms with E-state index < -0.39 is 0 Å². The minimum Gasteiger partial charge on any atom is -0.396 e. The molecule has 22 heavy (non-hydrogen) atoms. The van der Waals surface area contributed by atoms with Gasteiger partial charge >= 0.3 is 0 Å². The zero-order valence-electron chi connectivity index (χ0n) is 12.9. The Hall–Kier alpha value is -1.17. The van der Waals surface area contributed by atoms with Crippen LogP contribution in [0.1, 0.15) is 39.0 Å². The normalized spacial score (nSPS) is 23.0. The van der Waals surface area contributed by atoms with Gasteiger partial charge in [0.2, 0.25) is 5.91 Å². The Morgan fingerprint density at radius 2 is 2.18 bits per heavy atom. The monoisotopic (exact) mass is 325 g/mol. The smallest absolute Gasteiger partial charge is 0.226 e. The summed E-state index contributed by atoms with van der Waals surface area (Å²) in [5, 5.41) is 15.7. The number of rotatable bonds is 6. The summed E-state index contributed by atoms with van der Waals surface area (Å²) in [6.45, 7) is 2.30. The van der Waals surface area contributed by atoms with E-state index in [2.05, 4.69) is 15.6 Å². The number of anilines is 1. The van der Waals surface area contributed by atoms with E-state index in [0.29, 0.717) is 29.2 Å². The van der Waals surface area contributed by atoms with Gasteiger partial charge in [-0.3, -0.25) is 4.79 Å². The molecule has 0 aliphatic heterocycles. The van der Waals surface area contributed by atoms with Crippen LogP contribution in [0.3, 0.4) is 0 Å². The molecule has 1 atom stereocenters. The van der Waals surface area contributed by atoms with Gasteiger partial charge in [0.1, 0.15) is 0 Å². The number of hydrogen-bond donors (Lipinski definition) is 3. The van der Waals surface area contributed by atoms with Crippen LogP contribution < -0.4 is 10.6 Å². The molecule has 2 rings (SSSR count). The second kappa shape index (κ2) is 8.46. The molecule has 3 N–H and O–H groups in total. The van der Waals surface area contributed by atoms with Crippen molar-refractivity contribution in [1.29, 1.82) is 0 Å². The molecule has 0 spiro atoms. The molecule has 122 valence electrons. The number of aromatic nitrogens is 1. The Kier molecular flexibility index (Phi) is 6.61. The fourth-order valence-electron chi connectivity index (χ4n) is 2.93. The molecule has 1 saturated carbocycles. The van der Waals surface area contributed by atoms with Crippen LogP contribution in [0.15, 0.2) is 18.3 Å². The van der Waals surface area contributed by atoms with Gasteiger partial charge in [-0.15, -0.1) is 0 Å². The number of halogens is 1. The second-order valence-corrected chi connectivity index (χ2v) is 6.42. The van der Waals surface area contributed by atoms with E-state index in [-0.39, 0.29) is 18.6 Å². The number of hydrogen-bond acceptors (Lipinski definition) is 4. The van der Waals surface area contributed by atoms with Crippen molar-refractivity contribution in [3.8, 4) is 0 Å². The Morgan fingerprint density at radius 1 is 1.45 bits per heavy atom. The van der Waals surface area contributed by atoms with Crippen LogP contribution in [0.25, 0.3) is 0 Å². The molecule has 1 aliphatic rings. The van der Waals surface area contributed by atoms with Gasteiger partial charge in [-0.2, -0.15) is 0 Å². The lowest BCUT2D eigenvalue weighted by molar-refractivity contribution is -0.116. The highest BCUT2D eigenvalue weighted by Crippen LogP contribution is 2.24. The highest BCUT2D eigenvalue weighted by Gasteiger charge is 2.22. The predicted octanol–water partition coefficient (Wildman–Crippen LogP) is 2.59. The van der Waals surface area contributed by atoms with E-state index in [9.17, 15) is 4.79 Å². The molecule has 0 aromatic carbocycles. The Labute approximate surface area is 136 Å². The summed E-state index contributed by atoms with van der Waals surface area (Å²) in [7, 11) is 0. The first-order valence-corrected chi connectivity index (χ1v) is 8.23. The molecule has 1 heterocycles. The molecular weight excluding hydrogens is 302 g/mol. The lowest BCUT2D eigenvalue weighted by Gasteiger charge is -2.30. The average Bonchev–Trinajstić information content (AvgIpc) is 2.50. The zero-order valence-corrected chi connectivity index (χ0v) is 13.6. The average molecular weight is 326 g/mol. The number of carbonyl (C=O) groups excluding carboxylic acids is 1. The second-order valence-electron chi connectivity index (χ2n) is 6.06. The van der Waals surface area contributed by atoms with Gasteiger partial charge in [0.15, 0.2) is 5.15 Å². The Morgan fingerprint density at radius 3 is 2.82 bits per heavy atom. The molecule has 1 aliphatic carbocycles. The largest absolute Gasteiger partial charge is 0.396 e. The maximum Gasteiger partial charge on any atom is 0.226 e. The summed E-state index contributed by atoms with van der Waals surface area (Å²) in [5.74, 6) is 0.378. The molecule has 1 unspecified atom stereocenters. The number of aliphatic hydroxyl groups is 1. The Bertz CT molecular complexity index is 490. The van der Waals surface area contributed by atoms with Crippen LogP contribution in [0, 0.1) is 5.92 Å². The predicted molar refractivity (Wildman–Crippen MR) is 87.9 cm³/mol. The van der Waals surface area contributed by atoms with Crippen molar-refractivity contribution < 1.29 is 9.90 Å². The van der Waals surface area contributed by atoms with Crippen LogP contribution in [0.4, 0.5) is 5.69 Å². The van der Waals surface area contributed by atoms with E-state index in [0.717, 1.165) is 25.7 Å². The first-order chi connectivity index (χ1) is 10.6. The van der Waals surface area contributed by atoms with Gasteiger partial charge < -0.3 is 15.7 Å². The van der Waals surface area contributed by atoms with E-state index in [4.69, 9.17) is 16.7 Å². The number of nitrogens with zero attached hydrogens (tertiary/aromatic N) is 1. The number of pyridine rings is 1. The topological polar surface area (TPSA) is 74.2 Å². The molecule has 0 radical (unpaired) electrons. The van der Waals surface area contributed by atoms with Gasteiger partial charge in [-0.05, 0) is 50.7 Å². The summed E-state index contributed by atoms with van der Waals surface area (Å²) in [6.07, 6.45) is 6.21. The van der Waals surface area contributed by atoms with Gasteiger partial charge in [0, 0.05) is 31.3 Å². The zero-order chi connectivity index (χ0) is 15.9. The molecule has 1 fully saturated rings. The Balaban J connectivity index is 1.74. The summed E-state index contributed by atoms with van der Waals surface area (Å²) < 4.78 is 0. The van der Waals surface area contributed by atoms with Crippen molar-refractivity contribution in [3.63, 3.8) is 0 Å². The number of nitrogens with one attached hydrogen (secondary N) is 2. The standard InChI is InChI=1S/C16H24ClN3O2/c1-11(19-13-6-4-12(10-21)5-7-13)9-15(22)20-14-3-2-8-18-16(14)17/h2-3,8,11-13,19,21H,4-7,9-10H2,1H3,(H,20,22). The SMILES string of the molecule is CC(CC(=O)Nc1cccnc1Cl)NC1CCC(CO)CC1. The van der Waals surface area contributed by atoms with Crippen molar-refractivity contribution in [3.05, 3.63) is 23.5 Å². The first kappa shape index (κ1) is 17.2. The summed E-state index contributed by atoms with van der Waals surface area (Å²) in [5.41, 5.74) is 0.546. The van der Waals surface area contributed by atoms with Crippen LogP contribution in [0.5, 0.6) is 0 Å². The maximum absolute atomic E-state index is 12.0. The first-order valence-electron chi connectivity index (χ1n) is 7.85. The molecule has 0 bridgehead atoms. The maximum atomic E-state index is 12.0. The molecular formula is C16H24ClN3O2. The summed E-state index contributed by atoms with van der Waals surface area (Å²) in [4.78, 5) is 16.0. The van der Waals surface area contributed by atoms with E-state index in [1.54, 1.807) is 18.3 Å². The van der Waals surface area contributed by atoms with E-state index in [1.807, 2.05) is 6.92 Å². The quantitative estimate of drug-likeness (QED) is 0.703. The lowest BCUT2D eigenvalue weighted by atomic mass is 9.86. The molecule has 1 aromatic rings. The van der Waals surface area contributed by atoms with Crippen molar-refractivity contribution >= 4 is 23.2 Å². The van der Waals surface area contributed by atoms with E-state index >= 15 is 0 Å². The highest BCUT2D eigenvalue weighted by atomic mass is 35.5. The van der Waals surface area contributed by atoms with Crippen molar-refractivity contribution in [2.45, 2.75) is 51.1 Å².